The predicted molar refractivity (Wildman–Crippen MR) is 82.1 cm³/mol. The minimum Gasteiger partial charge on any atom is -0.392 e. The Hall–Kier alpha value is 0.820. The van der Waals surface area contributed by atoms with Crippen LogP contribution in [0.3, 0.4) is 0 Å². The van der Waals surface area contributed by atoms with Crippen LogP contribution < -0.4 is 0 Å². The minimum atomic E-state index is -3.10. The van der Waals surface area contributed by atoms with Crippen LogP contribution in [0.4, 0.5) is 0 Å². The van der Waals surface area contributed by atoms with Crippen molar-refractivity contribution >= 4 is 37.2 Å². The van der Waals surface area contributed by atoms with E-state index in [2.05, 4.69) is 37.2 Å². The van der Waals surface area contributed by atoms with Gasteiger partial charge in [-0.2, -0.15) is 0 Å². The van der Waals surface area contributed by atoms with E-state index < -0.39 is 44.4 Å². The molecule has 3 nitrogen and oxygen atoms in total. The van der Waals surface area contributed by atoms with Gasteiger partial charge in [0.05, 0.1) is 34.8 Å². The second-order valence-electron chi connectivity index (χ2n) is 0.710. The van der Waals surface area contributed by atoms with E-state index in [1.165, 1.54) is 0 Å². The molecule has 0 aliphatic carbocycles. The van der Waals surface area contributed by atoms with E-state index in [9.17, 15) is 0 Å². The molecule has 0 unspecified atom stereocenters. The fraction of sp³-hybridized carbons (Fsp3) is 0.556. The van der Waals surface area contributed by atoms with Gasteiger partial charge in [0.15, 0.2) is 0 Å². The molecule has 0 spiro atoms. The number of hydrogen-bond acceptors (Lipinski definition) is 3. The summed E-state index contributed by atoms with van der Waals surface area (Å²) in [4.78, 5) is 0. The van der Waals surface area contributed by atoms with Crippen molar-refractivity contribution in [1.29, 1.82) is 0 Å². The summed E-state index contributed by atoms with van der Waals surface area (Å²) in [6.07, 6.45) is 0. The maximum absolute atomic E-state index is 8.51. The number of halogens is 2. The molecule has 0 radical (unpaired) electrons. The highest BCUT2D eigenvalue weighted by atomic mass is 128. The first kappa shape index (κ1) is 5.95. The molecule has 0 aromatic carbocycles. The molecule has 14 heavy (non-hydrogen) atoms. The van der Waals surface area contributed by atoms with Crippen LogP contribution in [0.25, 0.3) is 0 Å². The Morgan fingerprint density at radius 3 is 1.71 bits per heavy atom. The molecule has 0 heterocycles. The maximum atomic E-state index is 8.51. The zero-order chi connectivity index (χ0) is 21.8. The molecule has 0 amide bonds. The topological polar surface area (TPSA) is 60.7 Å². The molecule has 0 aromatic rings. The molecule has 0 aromatic heterocycles. The first-order valence-electron chi connectivity index (χ1n) is 8.56. The highest BCUT2D eigenvalue weighted by Gasteiger charge is 1.61. The van der Waals surface area contributed by atoms with E-state index >= 15 is 0 Å². The van der Waals surface area contributed by atoms with Crippen LogP contribution >= 0.6 is 37.2 Å². The molecule has 5 heteroatoms. The summed E-state index contributed by atoms with van der Waals surface area (Å²) in [7, 11) is 0. The van der Waals surface area contributed by atoms with Crippen LogP contribution in [0.2, 0.25) is 0 Å². The Labute approximate surface area is 127 Å². The second-order valence-corrected chi connectivity index (χ2v) is 0.710. The quantitative estimate of drug-likeness (QED) is 0.465. The van der Waals surface area contributed by atoms with Gasteiger partial charge in [0.2, 0.25) is 0 Å². The molecule has 0 bridgehead atoms. The summed E-state index contributed by atoms with van der Waals surface area (Å²) in [5.41, 5.74) is 0. The molecular weight excluding hydrogens is 410 g/mol. The number of hydrogen-bond donors (Lipinski definition) is 3. The average molecular weight is 443 g/mol. The Kier molecular flexibility index (Phi) is 20.7. The molecule has 3 N–H and O–H groups in total. The molecular formula is C9H22I2O3. The summed E-state index contributed by atoms with van der Waals surface area (Å²) < 4.78 is 71.8. The third-order valence-electron chi connectivity index (χ3n) is 0.230. The Balaban J connectivity index is -0.0000000938. The monoisotopic (exact) mass is 443 g/mol. The normalized spacial score (nSPS) is 22.6. The van der Waals surface area contributed by atoms with Crippen molar-refractivity contribution in [2.24, 2.45) is 0 Å². The third-order valence-corrected chi connectivity index (χ3v) is 0.230. The van der Waals surface area contributed by atoms with Crippen LogP contribution in [0.5, 0.6) is 0 Å². The van der Waals surface area contributed by atoms with Gasteiger partial charge in [-0.15, -0.1) is 6.53 Å². The first-order valence-corrected chi connectivity index (χ1v) is 9.35. The number of rotatable bonds is 3. The van der Waals surface area contributed by atoms with Gasteiger partial charge >= 0.3 is 0 Å². The van der Waals surface area contributed by atoms with Gasteiger partial charge in [-0.3, -0.25) is 0 Å². The zero-order valence-electron chi connectivity index (χ0n) is 18.6. The molecule has 0 saturated carbocycles. The van der Waals surface area contributed by atoms with Gasteiger partial charge in [-0.25, -0.2) is 0 Å². The molecule has 0 rings (SSSR count). The van der Waals surface area contributed by atoms with E-state index in [-0.39, 0.29) is 1.43 Å². The van der Waals surface area contributed by atoms with Gasteiger partial charge in [0.1, 0.15) is 0 Å². The zero-order valence-corrected chi connectivity index (χ0v) is 11.9. The van der Waals surface area contributed by atoms with Crippen LogP contribution in [0, 0.1) is 0 Å². The summed E-state index contributed by atoms with van der Waals surface area (Å²) in [5, 5.41) is 25.3. The lowest BCUT2D eigenvalue weighted by molar-refractivity contribution is 0.329. The Bertz CT molecular complexity index is 399. The number of aliphatic hydroxyl groups is 3. The largest absolute Gasteiger partial charge is 0.392 e. The predicted octanol–water partition coefficient (Wildman–Crippen LogP) is 2.74. The summed E-state index contributed by atoms with van der Waals surface area (Å²) in [6.45, 7) is -6.07. The van der Waals surface area contributed by atoms with Crippen molar-refractivity contribution in [3.8, 4) is 0 Å². The highest BCUT2D eigenvalue weighted by molar-refractivity contribution is 15.0. The maximum Gasteiger partial charge on any atom is 0.0613 e. The van der Waals surface area contributed by atoms with Gasteiger partial charge in [0.25, 0.3) is 0 Å². The molecule has 0 fully saturated rings. The first-order chi connectivity index (χ1) is 10.9. The third kappa shape index (κ3) is 77.1. The van der Waals surface area contributed by atoms with E-state index in [4.69, 9.17) is 30.4 Å². The van der Waals surface area contributed by atoms with Crippen molar-refractivity contribution < 1.29 is 31.8 Å². The van der Waals surface area contributed by atoms with Crippen LogP contribution in [-0.4, -0.2) is 35.0 Å². The molecule has 0 saturated heterocycles. The molecule has 90 valence electrons. The highest BCUT2D eigenvalue weighted by Crippen LogP contribution is 1.89. The second kappa shape index (κ2) is 48.8. The smallest absolute Gasteiger partial charge is 0.0613 e. The van der Waals surface area contributed by atoms with Crippen molar-refractivity contribution in [3.05, 3.63) is 24.7 Å². The van der Waals surface area contributed by atoms with E-state index in [1.54, 1.807) is 0 Å². The van der Waals surface area contributed by atoms with Crippen LogP contribution in [-0.2, 0) is 0 Å². The lowest BCUT2D eigenvalue weighted by Gasteiger charge is -1.73. The summed E-state index contributed by atoms with van der Waals surface area (Å²) >= 11 is 4.24. The molecule has 0 aliphatic heterocycles. The van der Waals surface area contributed by atoms with Gasteiger partial charge in [0, 0.05) is 38.7 Å². The van der Waals surface area contributed by atoms with Crippen molar-refractivity contribution in [3.63, 3.8) is 0 Å². The van der Waals surface area contributed by atoms with Crippen molar-refractivity contribution in [1.82, 2.24) is 0 Å². The fourth-order valence-corrected chi connectivity index (χ4v) is 0.0559. The van der Waals surface area contributed by atoms with Crippen molar-refractivity contribution in [2.45, 2.75) is 13.8 Å². The standard InChI is InChI=1S/C4H8O2.C3H6O.C2H6.I2.H2/c5-3-1-2-4-6;1-2-3-4;2*1-2;/h1-2,5-6H,3-4H2;2,4H,1,3H2;1-2H3;;1H/b2-1+;;;;/i1D,2D,3D2,4D2;1D2,2D,3D2;;;. The van der Waals surface area contributed by atoms with Gasteiger partial charge < -0.3 is 15.3 Å². The van der Waals surface area contributed by atoms with Crippen LogP contribution in [0.15, 0.2) is 24.7 Å². The van der Waals surface area contributed by atoms with Crippen molar-refractivity contribution in [2.75, 3.05) is 19.7 Å². The van der Waals surface area contributed by atoms with E-state index in [0.29, 0.717) is 0 Å². The minimum absolute atomic E-state index is 0. The fourth-order valence-electron chi connectivity index (χ4n) is 0.0559. The lowest BCUT2D eigenvalue weighted by Crippen LogP contribution is -1.74. The van der Waals surface area contributed by atoms with Crippen LogP contribution in [0.1, 0.15) is 30.4 Å². The lowest BCUT2D eigenvalue weighted by atomic mass is 10.5. The SMILES string of the molecule is CC.II.[2H]/C(=C(/[2H])C([2H])([2H])O)C([2H])([2H])O.[2H]C([2H])=C([2H])C([2H])([2H])O.[HH]. The summed E-state index contributed by atoms with van der Waals surface area (Å²) in [5.74, 6) is 0. The van der Waals surface area contributed by atoms with Gasteiger partial charge in [-0.1, -0.05) is 32.0 Å². The van der Waals surface area contributed by atoms with E-state index in [1.807, 2.05) is 13.8 Å². The molecule has 0 atom stereocenters. The van der Waals surface area contributed by atoms with Gasteiger partial charge in [-0.05, 0) is 0 Å². The van der Waals surface area contributed by atoms with E-state index in [0.717, 1.165) is 0 Å². The average Bonchev–Trinajstić information content (AvgIpc) is 2.46. The Morgan fingerprint density at radius 2 is 1.64 bits per heavy atom. The Morgan fingerprint density at radius 1 is 1.29 bits per heavy atom. The summed E-state index contributed by atoms with van der Waals surface area (Å²) in [6, 6.07) is -3.62. The molecule has 0 aliphatic rings.